The highest BCUT2D eigenvalue weighted by atomic mass is 35.5. The van der Waals surface area contributed by atoms with Crippen molar-refractivity contribution >= 4 is 29.3 Å². The van der Waals surface area contributed by atoms with Gasteiger partial charge in [-0.2, -0.15) is 0 Å². The van der Waals surface area contributed by atoms with Gasteiger partial charge in [0.05, 0.1) is 42.9 Å². The second kappa shape index (κ2) is 10.3. The fraction of sp³-hybridized carbons (Fsp3) is 0.444. The Bertz CT molecular complexity index is 1270. The van der Waals surface area contributed by atoms with E-state index in [1.807, 2.05) is 50.2 Å². The Morgan fingerprint density at radius 1 is 1.11 bits per heavy atom. The van der Waals surface area contributed by atoms with E-state index in [1.54, 1.807) is 26.0 Å². The predicted molar refractivity (Wildman–Crippen MR) is 143 cm³/mol. The number of nitrogens with zero attached hydrogens (tertiary/aromatic N) is 3. The molecule has 0 fully saturated rings. The van der Waals surface area contributed by atoms with Crippen LogP contribution in [0, 0.1) is 0 Å². The van der Waals surface area contributed by atoms with Gasteiger partial charge in [-0.3, -0.25) is 9.36 Å². The number of hydrogen-bond acceptors (Lipinski definition) is 7. The van der Waals surface area contributed by atoms with Gasteiger partial charge in [-0.15, -0.1) is 22.0 Å². The topological polar surface area (TPSA) is 75.5 Å². The molecule has 3 aromatic rings. The van der Waals surface area contributed by atoms with Gasteiger partial charge in [0.25, 0.3) is 0 Å². The summed E-state index contributed by atoms with van der Waals surface area (Å²) in [6.07, 6.45) is -0.0584. The van der Waals surface area contributed by atoms with Crippen molar-refractivity contribution in [2.45, 2.75) is 63.1 Å². The normalized spacial score (nSPS) is 17.2. The Morgan fingerprint density at radius 2 is 1.86 bits per heavy atom. The molecule has 36 heavy (non-hydrogen) atoms. The van der Waals surface area contributed by atoms with E-state index >= 15 is 0 Å². The molecular formula is C27H32ClN3O4S. The van der Waals surface area contributed by atoms with Crippen LogP contribution in [0.2, 0.25) is 5.02 Å². The minimum absolute atomic E-state index is 0.148. The monoisotopic (exact) mass is 529 g/mol. The van der Waals surface area contributed by atoms with E-state index in [4.69, 9.17) is 25.8 Å². The SMILES string of the molecule is COc1cccc(C2SC(CC(=O)OC(C)C)c3nnc(C(C)(C)C)n3-c3ccc(Cl)cc32)c1OC. The van der Waals surface area contributed by atoms with Gasteiger partial charge in [0, 0.05) is 16.0 Å². The van der Waals surface area contributed by atoms with E-state index in [0.29, 0.717) is 22.3 Å². The van der Waals surface area contributed by atoms with Crippen molar-refractivity contribution in [3.8, 4) is 17.2 Å². The molecule has 0 amide bonds. The molecule has 2 atom stereocenters. The Kier molecular flexibility index (Phi) is 7.57. The third-order valence-electron chi connectivity index (χ3n) is 5.90. The van der Waals surface area contributed by atoms with E-state index in [-0.39, 0.29) is 34.4 Å². The number of rotatable bonds is 6. The summed E-state index contributed by atoms with van der Waals surface area (Å²) < 4.78 is 19.0. The maximum absolute atomic E-state index is 12.9. The first-order valence-electron chi connectivity index (χ1n) is 11.9. The van der Waals surface area contributed by atoms with Crippen molar-refractivity contribution in [2.24, 2.45) is 0 Å². The van der Waals surface area contributed by atoms with Crippen LogP contribution < -0.4 is 9.47 Å². The molecule has 2 heterocycles. The number of esters is 1. The maximum Gasteiger partial charge on any atom is 0.307 e. The fourth-order valence-electron chi connectivity index (χ4n) is 4.43. The first kappa shape index (κ1) is 26.4. The summed E-state index contributed by atoms with van der Waals surface area (Å²) in [5.41, 5.74) is 2.53. The molecule has 2 unspecified atom stereocenters. The first-order valence-corrected chi connectivity index (χ1v) is 13.2. The lowest BCUT2D eigenvalue weighted by atomic mass is 9.94. The van der Waals surface area contributed by atoms with Crippen LogP contribution in [0.15, 0.2) is 36.4 Å². The van der Waals surface area contributed by atoms with E-state index < -0.39 is 0 Å². The molecule has 0 aliphatic carbocycles. The lowest BCUT2D eigenvalue weighted by Crippen LogP contribution is -2.20. The molecule has 1 aromatic heterocycles. The van der Waals surface area contributed by atoms with Gasteiger partial charge in [-0.05, 0) is 43.7 Å². The van der Waals surface area contributed by atoms with Gasteiger partial charge in [0.15, 0.2) is 17.3 Å². The number of carbonyl (C=O) groups is 1. The zero-order valence-electron chi connectivity index (χ0n) is 21.7. The molecular weight excluding hydrogens is 498 g/mol. The number of hydrogen-bond donors (Lipinski definition) is 0. The second-order valence-electron chi connectivity index (χ2n) is 10.0. The summed E-state index contributed by atoms with van der Waals surface area (Å²) in [6.45, 7) is 9.99. The Balaban J connectivity index is 1.98. The minimum atomic E-state index is -0.327. The van der Waals surface area contributed by atoms with E-state index in [2.05, 4.69) is 35.5 Å². The summed E-state index contributed by atoms with van der Waals surface area (Å²) in [5, 5.41) is 9.26. The van der Waals surface area contributed by atoms with Crippen molar-refractivity contribution in [1.82, 2.24) is 14.8 Å². The number of ether oxygens (including phenoxy) is 3. The summed E-state index contributed by atoms with van der Waals surface area (Å²) in [5.74, 6) is 2.50. The number of benzene rings is 2. The van der Waals surface area contributed by atoms with Crippen LogP contribution >= 0.6 is 23.4 Å². The predicted octanol–water partition coefficient (Wildman–Crippen LogP) is 6.45. The molecule has 4 rings (SSSR count). The Labute approximate surface area is 221 Å². The minimum Gasteiger partial charge on any atom is -0.493 e. The van der Waals surface area contributed by atoms with Gasteiger partial charge in [-0.1, -0.05) is 44.5 Å². The third kappa shape index (κ3) is 5.06. The van der Waals surface area contributed by atoms with Gasteiger partial charge in [0.2, 0.25) is 0 Å². The molecule has 192 valence electrons. The summed E-state index contributed by atoms with van der Waals surface area (Å²) in [7, 11) is 3.25. The van der Waals surface area contributed by atoms with E-state index in [1.165, 1.54) is 0 Å². The smallest absolute Gasteiger partial charge is 0.307 e. The lowest BCUT2D eigenvalue weighted by molar-refractivity contribution is -0.147. The molecule has 0 radical (unpaired) electrons. The molecule has 1 aliphatic rings. The van der Waals surface area contributed by atoms with Crippen LogP contribution in [0.3, 0.4) is 0 Å². The number of halogens is 1. The highest BCUT2D eigenvalue weighted by Gasteiger charge is 2.38. The highest BCUT2D eigenvalue weighted by Crippen LogP contribution is 2.54. The van der Waals surface area contributed by atoms with Crippen LogP contribution in [0.5, 0.6) is 11.5 Å². The molecule has 9 heteroatoms. The molecule has 1 aliphatic heterocycles. The second-order valence-corrected chi connectivity index (χ2v) is 11.7. The molecule has 7 nitrogen and oxygen atoms in total. The third-order valence-corrected chi connectivity index (χ3v) is 7.62. The van der Waals surface area contributed by atoms with Crippen molar-refractivity contribution in [3.05, 3.63) is 64.2 Å². The van der Waals surface area contributed by atoms with Gasteiger partial charge in [0.1, 0.15) is 5.82 Å². The Hall–Kier alpha value is -2.71. The van der Waals surface area contributed by atoms with Crippen LogP contribution in [-0.2, 0) is 14.9 Å². The molecule has 0 saturated heterocycles. The quantitative estimate of drug-likeness (QED) is 0.339. The summed E-state index contributed by atoms with van der Waals surface area (Å²) in [4.78, 5) is 12.9. The first-order chi connectivity index (χ1) is 17.0. The van der Waals surface area contributed by atoms with Gasteiger partial charge >= 0.3 is 5.97 Å². The average Bonchev–Trinajstić information content (AvgIpc) is 3.21. The van der Waals surface area contributed by atoms with Gasteiger partial charge < -0.3 is 14.2 Å². The fourth-order valence-corrected chi connectivity index (χ4v) is 6.11. The number of aromatic nitrogens is 3. The average molecular weight is 530 g/mol. The van der Waals surface area contributed by atoms with E-state index in [9.17, 15) is 4.79 Å². The molecule has 2 aromatic carbocycles. The van der Waals surface area contributed by atoms with Crippen LogP contribution in [0.4, 0.5) is 0 Å². The van der Waals surface area contributed by atoms with Gasteiger partial charge in [-0.25, -0.2) is 0 Å². The lowest BCUT2D eigenvalue weighted by Gasteiger charge is -2.24. The summed E-state index contributed by atoms with van der Waals surface area (Å²) in [6, 6.07) is 11.7. The van der Waals surface area contributed by atoms with Crippen molar-refractivity contribution < 1.29 is 19.0 Å². The summed E-state index contributed by atoms with van der Waals surface area (Å²) >= 11 is 8.15. The van der Waals surface area contributed by atoms with E-state index in [0.717, 1.165) is 22.6 Å². The van der Waals surface area contributed by atoms with Crippen molar-refractivity contribution in [1.29, 1.82) is 0 Å². The largest absolute Gasteiger partial charge is 0.493 e. The number of fused-ring (bicyclic) bond motifs is 3. The number of thioether (sulfide) groups is 1. The number of methoxy groups -OCH3 is 2. The standard InChI is InChI=1S/C27H32ClN3O4S/c1-15(2)35-22(32)14-21-25-29-30-26(27(3,4)5)31(25)19-12-11-16(28)13-18(19)24(36-21)17-9-8-10-20(33-6)23(17)34-7/h8-13,15,21,24H,14H2,1-7H3. The maximum atomic E-state index is 12.9. The van der Waals surface area contributed by atoms with Crippen molar-refractivity contribution in [3.63, 3.8) is 0 Å². The highest BCUT2D eigenvalue weighted by molar-refractivity contribution is 8.00. The van der Waals surface area contributed by atoms with Crippen molar-refractivity contribution in [2.75, 3.05) is 14.2 Å². The Morgan fingerprint density at radius 3 is 2.50 bits per heavy atom. The van der Waals surface area contributed by atoms with Crippen LogP contribution in [0.25, 0.3) is 5.69 Å². The van der Waals surface area contributed by atoms with Crippen LogP contribution in [0.1, 0.15) is 74.3 Å². The molecule has 0 N–H and O–H groups in total. The molecule has 0 spiro atoms. The number of para-hydroxylation sites is 1. The zero-order valence-corrected chi connectivity index (χ0v) is 23.2. The zero-order chi connectivity index (χ0) is 26.2. The van der Waals surface area contributed by atoms with Crippen LogP contribution in [-0.4, -0.2) is 41.1 Å². The number of carbonyl (C=O) groups excluding carboxylic acids is 1. The molecule has 0 saturated carbocycles. The molecule has 0 bridgehead atoms.